The molecule has 1 atom stereocenters. The number of nitrogens with zero attached hydrogens (tertiary/aromatic N) is 1. The summed E-state index contributed by atoms with van der Waals surface area (Å²) in [6.07, 6.45) is 2.81. The van der Waals surface area contributed by atoms with Crippen molar-refractivity contribution in [2.75, 3.05) is 6.54 Å². The maximum atomic E-state index is 11.5. The zero-order valence-corrected chi connectivity index (χ0v) is 8.34. The van der Waals surface area contributed by atoms with Crippen LogP contribution in [0.2, 0.25) is 0 Å². The minimum Gasteiger partial charge on any atom is -0.298 e. The van der Waals surface area contributed by atoms with E-state index in [1.807, 2.05) is 0 Å². The van der Waals surface area contributed by atoms with Crippen molar-refractivity contribution in [3.05, 3.63) is 0 Å². The van der Waals surface area contributed by atoms with E-state index in [1.165, 1.54) is 0 Å². The molecule has 1 heterocycles. The van der Waals surface area contributed by atoms with Crippen molar-refractivity contribution in [3.8, 4) is 0 Å². The third-order valence-electron chi connectivity index (χ3n) is 2.66. The van der Waals surface area contributed by atoms with Crippen LogP contribution in [-0.4, -0.2) is 29.3 Å². The quantitative estimate of drug-likeness (QED) is 0.628. The number of Topliss-reactive ketones (excluding diaryl/α,β-unsaturated/α-hetero) is 1. The number of rotatable bonds is 2. The molecule has 12 heavy (non-hydrogen) atoms. The molecule has 0 N–H and O–H groups in total. The third kappa shape index (κ3) is 1.86. The maximum Gasteiger partial charge on any atom is 0.150 e. The first-order valence-electron chi connectivity index (χ1n) is 4.95. The first-order valence-corrected chi connectivity index (χ1v) is 4.95. The highest BCUT2D eigenvalue weighted by molar-refractivity contribution is 5.84. The number of likely N-dealkylation sites (tertiary alicyclic amines) is 1. The van der Waals surface area contributed by atoms with E-state index in [-0.39, 0.29) is 6.04 Å². The first kappa shape index (κ1) is 9.72. The Bertz CT molecular complexity index is 165. The Balaban J connectivity index is 2.64. The summed E-state index contributed by atoms with van der Waals surface area (Å²) in [6.45, 7) is 7.54. The fourth-order valence-corrected chi connectivity index (χ4v) is 2.02. The number of carbonyl (C=O) groups is 1. The Morgan fingerprint density at radius 2 is 2.25 bits per heavy atom. The van der Waals surface area contributed by atoms with Gasteiger partial charge in [-0.1, -0.05) is 6.92 Å². The van der Waals surface area contributed by atoms with Gasteiger partial charge in [-0.25, -0.2) is 0 Å². The van der Waals surface area contributed by atoms with Gasteiger partial charge in [0.2, 0.25) is 0 Å². The smallest absolute Gasteiger partial charge is 0.150 e. The van der Waals surface area contributed by atoms with Crippen LogP contribution in [0.3, 0.4) is 0 Å². The number of hydrogen-bond acceptors (Lipinski definition) is 2. The summed E-state index contributed by atoms with van der Waals surface area (Å²) in [5.74, 6) is 0.442. The molecule has 0 saturated carbocycles. The average molecular weight is 169 g/mol. The van der Waals surface area contributed by atoms with Gasteiger partial charge in [-0.3, -0.25) is 9.69 Å². The van der Waals surface area contributed by atoms with Gasteiger partial charge in [0.1, 0.15) is 5.78 Å². The second kappa shape index (κ2) is 4.04. The monoisotopic (exact) mass is 169 g/mol. The summed E-state index contributed by atoms with van der Waals surface area (Å²) in [6, 6.07) is 0.720. The van der Waals surface area contributed by atoms with Crippen LogP contribution in [0.4, 0.5) is 0 Å². The Labute approximate surface area is 74.9 Å². The summed E-state index contributed by atoms with van der Waals surface area (Å²) in [4.78, 5) is 13.8. The van der Waals surface area contributed by atoms with Crippen molar-refractivity contribution in [2.45, 2.75) is 52.1 Å². The van der Waals surface area contributed by atoms with Crippen LogP contribution in [0, 0.1) is 0 Å². The molecular formula is C10H19NO. The van der Waals surface area contributed by atoms with E-state index in [0.29, 0.717) is 11.8 Å². The van der Waals surface area contributed by atoms with Gasteiger partial charge in [0.15, 0.2) is 0 Å². The van der Waals surface area contributed by atoms with Gasteiger partial charge in [-0.05, 0) is 33.2 Å². The highest BCUT2D eigenvalue weighted by Gasteiger charge is 2.29. The van der Waals surface area contributed by atoms with Gasteiger partial charge >= 0.3 is 0 Å². The van der Waals surface area contributed by atoms with Crippen LogP contribution in [0.25, 0.3) is 0 Å². The fraction of sp³-hybridized carbons (Fsp3) is 0.900. The molecular weight excluding hydrogens is 150 g/mol. The van der Waals surface area contributed by atoms with Gasteiger partial charge in [-0.15, -0.1) is 0 Å². The maximum absolute atomic E-state index is 11.5. The SMILES string of the molecule is CCC1C(=O)CCCN1C(C)C. The summed E-state index contributed by atoms with van der Waals surface area (Å²) < 4.78 is 0. The molecule has 0 aromatic heterocycles. The zero-order valence-electron chi connectivity index (χ0n) is 8.34. The molecule has 1 rings (SSSR count). The summed E-state index contributed by atoms with van der Waals surface area (Å²) >= 11 is 0. The Morgan fingerprint density at radius 3 is 2.67 bits per heavy atom. The van der Waals surface area contributed by atoms with Crippen LogP contribution < -0.4 is 0 Å². The number of carbonyl (C=O) groups excluding carboxylic acids is 1. The molecule has 0 radical (unpaired) electrons. The minimum atomic E-state index is 0.207. The van der Waals surface area contributed by atoms with Gasteiger partial charge in [0.25, 0.3) is 0 Å². The molecule has 0 aromatic carbocycles. The van der Waals surface area contributed by atoms with Crippen molar-refractivity contribution in [2.24, 2.45) is 0 Å². The predicted molar refractivity (Wildman–Crippen MR) is 50.2 cm³/mol. The zero-order chi connectivity index (χ0) is 9.14. The van der Waals surface area contributed by atoms with E-state index in [9.17, 15) is 4.79 Å². The Kier molecular flexibility index (Phi) is 3.27. The van der Waals surface area contributed by atoms with E-state index in [2.05, 4.69) is 25.7 Å². The highest BCUT2D eigenvalue weighted by Crippen LogP contribution is 2.18. The molecule has 1 fully saturated rings. The highest BCUT2D eigenvalue weighted by atomic mass is 16.1. The molecule has 0 bridgehead atoms. The second-order valence-electron chi connectivity index (χ2n) is 3.83. The largest absolute Gasteiger partial charge is 0.298 e. The molecule has 0 aromatic rings. The van der Waals surface area contributed by atoms with Gasteiger partial charge < -0.3 is 0 Å². The summed E-state index contributed by atoms with van der Waals surface area (Å²) in [7, 11) is 0. The third-order valence-corrected chi connectivity index (χ3v) is 2.66. The van der Waals surface area contributed by atoms with Crippen LogP contribution >= 0.6 is 0 Å². The molecule has 1 aliphatic heterocycles. The molecule has 1 unspecified atom stereocenters. The predicted octanol–water partition coefficient (Wildman–Crippen LogP) is 1.84. The Hall–Kier alpha value is -0.370. The number of hydrogen-bond donors (Lipinski definition) is 0. The molecule has 2 nitrogen and oxygen atoms in total. The molecule has 70 valence electrons. The van der Waals surface area contributed by atoms with E-state index < -0.39 is 0 Å². The lowest BCUT2D eigenvalue weighted by Crippen LogP contribution is -2.48. The van der Waals surface area contributed by atoms with Crippen molar-refractivity contribution in [3.63, 3.8) is 0 Å². The lowest BCUT2D eigenvalue weighted by atomic mass is 9.97. The van der Waals surface area contributed by atoms with E-state index >= 15 is 0 Å². The Morgan fingerprint density at radius 1 is 1.58 bits per heavy atom. The van der Waals surface area contributed by atoms with Crippen molar-refractivity contribution < 1.29 is 4.79 Å². The van der Waals surface area contributed by atoms with E-state index in [4.69, 9.17) is 0 Å². The number of ketones is 1. The first-order chi connectivity index (χ1) is 5.66. The van der Waals surface area contributed by atoms with Crippen LogP contribution in [0.15, 0.2) is 0 Å². The summed E-state index contributed by atoms with van der Waals surface area (Å²) in [5.41, 5.74) is 0. The lowest BCUT2D eigenvalue weighted by Gasteiger charge is -2.36. The topological polar surface area (TPSA) is 20.3 Å². The van der Waals surface area contributed by atoms with Crippen LogP contribution in [0.5, 0.6) is 0 Å². The van der Waals surface area contributed by atoms with Gasteiger partial charge in [-0.2, -0.15) is 0 Å². The standard InChI is InChI=1S/C10H19NO/c1-4-9-10(12)6-5-7-11(9)8(2)3/h8-9H,4-7H2,1-3H3. The van der Waals surface area contributed by atoms with Crippen molar-refractivity contribution in [1.82, 2.24) is 4.90 Å². The number of piperidine rings is 1. The summed E-state index contributed by atoms with van der Waals surface area (Å²) in [5, 5.41) is 0. The molecule has 0 amide bonds. The molecule has 0 aliphatic carbocycles. The fourth-order valence-electron chi connectivity index (χ4n) is 2.02. The molecule has 1 saturated heterocycles. The average Bonchev–Trinajstić information content (AvgIpc) is 2.03. The molecule has 2 heteroatoms. The lowest BCUT2D eigenvalue weighted by molar-refractivity contribution is -0.128. The van der Waals surface area contributed by atoms with Crippen LogP contribution in [-0.2, 0) is 4.79 Å². The van der Waals surface area contributed by atoms with E-state index in [0.717, 1.165) is 25.8 Å². The normalized spacial score (nSPS) is 26.7. The molecule has 0 spiro atoms. The van der Waals surface area contributed by atoms with Crippen LogP contribution in [0.1, 0.15) is 40.0 Å². The minimum absolute atomic E-state index is 0.207. The molecule has 1 aliphatic rings. The van der Waals surface area contributed by atoms with Gasteiger partial charge in [0.05, 0.1) is 6.04 Å². The van der Waals surface area contributed by atoms with E-state index in [1.54, 1.807) is 0 Å². The van der Waals surface area contributed by atoms with Crippen molar-refractivity contribution >= 4 is 5.78 Å². The van der Waals surface area contributed by atoms with Crippen molar-refractivity contribution in [1.29, 1.82) is 0 Å². The van der Waals surface area contributed by atoms with Gasteiger partial charge in [0, 0.05) is 12.5 Å². The second-order valence-corrected chi connectivity index (χ2v) is 3.83.